The van der Waals surface area contributed by atoms with E-state index >= 15 is 0 Å². The quantitative estimate of drug-likeness (QED) is 0.570. The number of benzene rings is 1. The Labute approximate surface area is 154 Å². The minimum absolute atomic E-state index is 0.453. The molecule has 1 aliphatic heterocycles. The number of H-pyrrole nitrogens is 1. The van der Waals surface area contributed by atoms with Crippen molar-refractivity contribution in [3.63, 3.8) is 0 Å². The minimum atomic E-state index is 0.453. The van der Waals surface area contributed by atoms with Gasteiger partial charge in [0.05, 0.1) is 25.6 Å². The van der Waals surface area contributed by atoms with Crippen LogP contribution in [-0.4, -0.2) is 51.6 Å². The second kappa shape index (κ2) is 6.69. The molecule has 1 fully saturated rings. The van der Waals surface area contributed by atoms with Crippen molar-refractivity contribution in [2.75, 3.05) is 36.5 Å². The fourth-order valence-corrected chi connectivity index (χ4v) is 3.09. The highest BCUT2D eigenvalue weighted by Gasteiger charge is 2.14. The van der Waals surface area contributed by atoms with Gasteiger partial charge in [0.25, 0.3) is 0 Å². The van der Waals surface area contributed by atoms with E-state index in [9.17, 15) is 0 Å². The normalized spacial score (nSPS) is 14.6. The molecule has 1 saturated heterocycles. The second-order valence-electron chi connectivity index (χ2n) is 6.17. The number of morpholine rings is 1. The molecule has 27 heavy (non-hydrogen) atoms. The van der Waals surface area contributed by atoms with E-state index in [0.717, 1.165) is 37.5 Å². The number of hydrogen-bond donors (Lipinski definition) is 2. The molecule has 136 valence electrons. The molecule has 4 heterocycles. The van der Waals surface area contributed by atoms with E-state index in [2.05, 4.69) is 47.7 Å². The molecule has 0 radical (unpaired) electrons. The van der Waals surface area contributed by atoms with Gasteiger partial charge in [0.15, 0.2) is 5.82 Å². The van der Waals surface area contributed by atoms with Gasteiger partial charge < -0.3 is 19.5 Å². The first-order valence-electron chi connectivity index (χ1n) is 8.69. The lowest BCUT2D eigenvalue weighted by Gasteiger charge is -2.28. The highest BCUT2D eigenvalue weighted by atomic mass is 16.5. The Morgan fingerprint density at radius 3 is 2.67 bits per heavy atom. The third kappa shape index (κ3) is 3.08. The van der Waals surface area contributed by atoms with Crippen LogP contribution in [0.2, 0.25) is 0 Å². The molecule has 1 aromatic carbocycles. The maximum absolute atomic E-state index is 5.41. The summed E-state index contributed by atoms with van der Waals surface area (Å²) in [6, 6.07) is 9.97. The SMILES string of the molecule is c1cc(-c2nc(Nc3ccc(N4CCOCC4)cc3)c3[nH]ncc3n2)on1. The van der Waals surface area contributed by atoms with Crippen molar-refractivity contribution in [2.24, 2.45) is 0 Å². The molecule has 0 bridgehead atoms. The number of anilines is 3. The molecule has 0 spiro atoms. The summed E-state index contributed by atoms with van der Waals surface area (Å²) in [4.78, 5) is 11.3. The number of ether oxygens (including phenoxy) is 1. The lowest BCUT2D eigenvalue weighted by atomic mass is 10.2. The molecular formula is C18H17N7O2. The summed E-state index contributed by atoms with van der Waals surface area (Å²) in [5, 5.41) is 14.1. The molecule has 5 rings (SSSR count). The highest BCUT2D eigenvalue weighted by molar-refractivity contribution is 5.88. The van der Waals surface area contributed by atoms with Gasteiger partial charge in [-0.25, -0.2) is 9.97 Å². The Kier molecular flexibility index (Phi) is 3.91. The zero-order valence-electron chi connectivity index (χ0n) is 14.4. The molecule has 0 amide bonds. The third-order valence-corrected chi connectivity index (χ3v) is 4.46. The monoisotopic (exact) mass is 363 g/mol. The van der Waals surface area contributed by atoms with Crippen LogP contribution in [-0.2, 0) is 4.74 Å². The van der Waals surface area contributed by atoms with Crippen LogP contribution in [0.3, 0.4) is 0 Å². The average molecular weight is 363 g/mol. The van der Waals surface area contributed by atoms with E-state index in [4.69, 9.17) is 9.26 Å². The van der Waals surface area contributed by atoms with Gasteiger partial charge >= 0.3 is 0 Å². The highest BCUT2D eigenvalue weighted by Crippen LogP contribution is 2.27. The van der Waals surface area contributed by atoms with E-state index in [0.29, 0.717) is 22.9 Å². The number of nitrogens with one attached hydrogen (secondary N) is 2. The van der Waals surface area contributed by atoms with Crippen LogP contribution in [0.15, 0.2) is 47.2 Å². The maximum atomic E-state index is 5.41. The lowest BCUT2D eigenvalue weighted by Crippen LogP contribution is -2.36. The number of nitrogens with zero attached hydrogens (tertiary/aromatic N) is 5. The fraction of sp³-hybridized carbons (Fsp3) is 0.222. The Morgan fingerprint density at radius 2 is 1.89 bits per heavy atom. The van der Waals surface area contributed by atoms with Gasteiger partial charge in [-0.3, -0.25) is 5.10 Å². The number of aromatic nitrogens is 5. The summed E-state index contributed by atoms with van der Waals surface area (Å²) in [6.45, 7) is 3.36. The van der Waals surface area contributed by atoms with Crippen molar-refractivity contribution in [1.82, 2.24) is 25.3 Å². The lowest BCUT2D eigenvalue weighted by molar-refractivity contribution is 0.122. The van der Waals surface area contributed by atoms with Gasteiger partial charge in [-0.15, -0.1) is 0 Å². The van der Waals surface area contributed by atoms with Crippen LogP contribution >= 0.6 is 0 Å². The van der Waals surface area contributed by atoms with Gasteiger partial charge in [-0.1, -0.05) is 5.16 Å². The van der Waals surface area contributed by atoms with Crippen molar-refractivity contribution in [1.29, 1.82) is 0 Å². The zero-order valence-corrected chi connectivity index (χ0v) is 14.4. The summed E-state index contributed by atoms with van der Waals surface area (Å²) in [5.41, 5.74) is 3.53. The van der Waals surface area contributed by atoms with E-state index in [1.54, 1.807) is 18.5 Å². The number of aromatic amines is 1. The van der Waals surface area contributed by atoms with Crippen LogP contribution < -0.4 is 10.2 Å². The van der Waals surface area contributed by atoms with Crippen molar-refractivity contribution in [3.8, 4) is 11.6 Å². The molecule has 0 unspecified atom stereocenters. The summed E-state index contributed by atoms with van der Waals surface area (Å²) >= 11 is 0. The van der Waals surface area contributed by atoms with E-state index < -0.39 is 0 Å². The summed E-state index contributed by atoms with van der Waals surface area (Å²) in [7, 11) is 0. The number of rotatable bonds is 4. The molecule has 9 heteroatoms. The molecule has 3 aromatic heterocycles. The molecule has 0 aliphatic carbocycles. The van der Waals surface area contributed by atoms with Gasteiger partial charge in [-0.05, 0) is 24.3 Å². The largest absolute Gasteiger partial charge is 0.378 e. The van der Waals surface area contributed by atoms with Gasteiger partial charge in [0.1, 0.15) is 11.0 Å². The smallest absolute Gasteiger partial charge is 0.204 e. The first kappa shape index (κ1) is 15.8. The van der Waals surface area contributed by atoms with Crippen molar-refractivity contribution in [3.05, 3.63) is 42.7 Å². The van der Waals surface area contributed by atoms with Crippen molar-refractivity contribution in [2.45, 2.75) is 0 Å². The zero-order chi connectivity index (χ0) is 18.1. The van der Waals surface area contributed by atoms with Gasteiger partial charge in [0.2, 0.25) is 11.6 Å². The molecule has 9 nitrogen and oxygen atoms in total. The Balaban J connectivity index is 1.44. The molecule has 0 saturated carbocycles. The molecular weight excluding hydrogens is 346 g/mol. The van der Waals surface area contributed by atoms with Gasteiger partial charge in [0, 0.05) is 30.5 Å². The van der Waals surface area contributed by atoms with E-state index in [1.165, 1.54) is 5.69 Å². The fourth-order valence-electron chi connectivity index (χ4n) is 3.09. The Morgan fingerprint density at radius 1 is 1.04 bits per heavy atom. The van der Waals surface area contributed by atoms with Crippen molar-refractivity contribution >= 4 is 28.2 Å². The first-order chi connectivity index (χ1) is 13.4. The predicted molar refractivity (Wildman–Crippen MR) is 99.9 cm³/mol. The second-order valence-corrected chi connectivity index (χ2v) is 6.17. The van der Waals surface area contributed by atoms with Gasteiger partial charge in [-0.2, -0.15) is 5.10 Å². The summed E-state index contributed by atoms with van der Waals surface area (Å²) in [6.07, 6.45) is 3.22. The Hall–Kier alpha value is -3.46. The topological polar surface area (TPSA) is 105 Å². The maximum Gasteiger partial charge on any atom is 0.204 e. The van der Waals surface area contributed by atoms with E-state index in [1.807, 2.05) is 12.1 Å². The van der Waals surface area contributed by atoms with E-state index in [-0.39, 0.29) is 0 Å². The average Bonchev–Trinajstić information content (AvgIpc) is 3.41. The molecule has 0 atom stereocenters. The predicted octanol–water partition coefficient (Wildman–Crippen LogP) is 2.59. The minimum Gasteiger partial charge on any atom is -0.378 e. The molecule has 2 N–H and O–H groups in total. The first-order valence-corrected chi connectivity index (χ1v) is 8.69. The molecule has 1 aliphatic rings. The van der Waals surface area contributed by atoms with Crippen molar-refractivity contribution < 1.29 is 9.26 Å². The van der Waals surface area contributed by atoms with Crippen LogP contribution in [0.4, 0.5) is 17.2 Å². The summed E-state index contributed by atoms with van der Waals surface area (Å²) < 4.78 is 10.6. The van der Waals surface area contributed by atoms with Crippen LogP contribution in [0.1, 0.15) is 0 Å². The number of fused-ring (bicyclic) bond motifs is 1. The molecule has 4 aromatic rings. The van der Waals surface area contributed by atoms with Crippen LogP contribution in [0.5, 0.6) is 0 Å². The van der Waals surface area contributed by atoms with Crippen LogP contribution in [0.25, 0.3) is 22.6 Å². The number of hydrogen-bond acceptors (Lipinski definition) is 8. The Bertz CT molecular complexity index is 1040. The summed E-state index contributed by atoms with van der Waals surface area (Å²) in [5.74, 6) is 1.58. The van der Waals surface area contributed by atoms with Crippen LogP contribution in [0, 0.1) is 0 Å². The standard InChI is InChI=1S/C18H17N7O2/c1-3-13(25-7-9-26-10-8-25)4-2-12(1)21-18-16-14(11-19-24-16)22-17(23-18)15-5-6-20-27-15/h1-6,11H,7-10H2,(H,19,24)(H,21,22,23). The third-order valence-electron chi connectivity index (χ3n) is 4.46.